The van der Waals surface area contributed by atoms with Crippen LogP contribution in [0.3, 0.4) is 0 Å². The molecular formula is C21H25N3O. The summed E-state index contributed by atoms with van der Waals surface area (Å²) in [5.41, 5.74) is 3.73. The molecule has 0 amide bonds. The quantitative estimate of drug-likeness (QED) is 0.602. The monoisotopic (exact) mass is 335 g/mol. The van der Waals surface area contributed by atoms with Crippen molar-refractivity contribution in [1.82, 2.24) is 14.9 Å². The zero-order valence-corrected chi connectivity index (χ0v) is 14.7. The maximum Gasteiger partial charge on any atom is 0.120 e. The summed E-state index contributed by atoms with van der Waals surface area (Å²) in [7, 11) is 0. The third-order valence-electron chi connectivity index (χ3n) is 4.21. The van der Waals surface area contributed by atoms with Crippen LogP contribution < -0.4 is 10.1 Å². The number of nitrogens with one attached hydrogen (secondary N) is 1. The van der Waals surface area contributed by atoms with Gasteiger partial charge >= 0.3 is 0 Å². The van der Waals surface area contributed by atoms with Gasteiger partial charge in [0.05, 0.1) is 6.33 Å². The van der Waals surface area contributed by atoms with E-state index in [2.05, 4.69) is 64.3 Å². The average Bonchev–Trinajstić information content (AvgIpc) is 3.15. The molecule has 0 saturated heterocycles. The van der Waals surface area contributed by atoms with Gasteiger partial charge in [-0.2, -0.15) is 0 Å². The predicted octanol–water partition coefficient (Wildman–Crippen LogP) is 3.95. The molecule has 130 valence electrons. The molecule has 0 bridgehead atoms. The Balaban J connectivity index is 1.42. The Kier molecular flexibility index (Phi) is 6.23. The molecule has 2 aromatic carbocycles. The van der Waals surface area contributed by atoms with Gasteiger partial charge in [-0.05, 0) is 48.7 Å². The third kappa shape index (κ3) is 5.47. The first kappa shape index (κ1) is 17.2. The van der Waals surface area contributed by atoms with Gasteiger partial charge in [-0.1, -0.05) is 36.4 Å². The number of aryl methyl sites for hydroxylation is 2. The first-order valence-electron chi connectivity index (χ1n) is 8.74. The maximum absolute atomic E-state index is 5.95. The lowest BCUT2D eigenvalue weighted by Gasteiger charge is -2.10. The first-order chi connectivity index (χ1) is 12.3. The topological polar surface area (TPSA) is 39.1 Å². The van der Waals surface area contributed by atoms with Crippen LogP contribution in [-0.2, 0) is 19.7 Å². The summed E-state index contributed by atoms with van der Waals surface area (Å²) in [6, 6.07) is 16.6. The summed E-state index contributed by atoms with van der Waals surface area (Å²) >= 11 is 0. The van der Waals surface area contributed by atoms with Gasteiger partial charge in [0.2, 0.25) is 0 Å². The molecule has 0 aliphatic carbocycles. The fraction of sp³-hybridized carbons (Fsp3) is 0.286. The van der Waals surface area contributed by atoms with E-state index >= 15 is 0 Å². The number of nitrogens with zero attached hydrogens (tertiary/aromatic N) is 2. The van der Waals surface area contributed by atoms with Crippen LogP contribution in [0.1, 0.15) is 23.1 Å². The molecule has 1 aromatic heterocycles. The number of hydrogen-bond donors (Lipinski definition) is 1. The van der Waals surface area contributed by atoms with Crippen molar-refractivity contribution in [2.24, 2.45) is 0 Å². The highest BCUT2D eigenvalue weighted by Crippen LogP contribution is 2.16. The third-order valence-corrected chi connectivity index (χ3v) is 4.21. The minimum Gasteiger partial charge on any atom is -0.489 e. The predicted molar refractivity (Wildman–Crippen MR) is 101 cm³/mol. The summed E-state index contributed by atoms with van der Waals surface area (Å²) in [6.45, 7) is 5.54. The van der Waals surface area contributed by atoms with E-state index in [0.717, 1.165) is 31.8 Å². The molecule has 0 atom stereocenters. The minimum atomic E-state index is 0.606. The number of aromatic nitrogens is 2. The van der Waals surface area contributed by atoms with Crippen molar-refractivity contribution in [3.05, 3.63) is 83.9 Å². The maximum atomic E-state index is 5.95. The average molecular weight is 335 g/mol. The van der Waals surface area contributed by atoms with E-state index in [4.69, 9.17) is 4.74 Å². The Morgan fingerprint density at radius 3 is 2.88 bits per heavy atom. The molecule has 0 saturated carbocycles. The Morgan fingerprint density at radius 2 is 2.04 bits per heavy atom. The van der Waals surface area contributed by atoms with Crippen molar-refractivity contribution in [2.75, 3.05) is 6.54 Å². The standard InChI is InChI=1S/C21H25N3O/c1-18-6-2-3-8-20(18)16-25-21-9-4-7-19(14-21)15-22-10-5-12-24-13-11-23-17-24/h2-4,6-9,11,13-14,17,22H,5,10,12,15-16H2,1H3. The lowest BCUT2D eigenvalue weighted by Crippen LogP contribution is -2.16. The number of rotatable bonds is 9. The van der Waals surface area contributed by atoms with E-state index in [1.165, 1.54) is 16.7 Å². The largest absolute Gasteiger partial charge is 0.489 e. The van der Waals surface area contributed by atoms with Crippen molar-refractivity contribution in [2.45, 2.75) is 33.0 Å². The second kappa shape index (κ2) is 9.04. The van der Waals surface area contributed by atoms with Crippen LogP contribution in [0, 0.1) is 6.92 Å². The van der Waals surface area contributed by atoms with Crippen LogP contribution >= 0.6 is 0 Å². The van der Waals surface area contributed by atoms with Crippen molar-refractivity contribution in [3.8, 4) is 5.75 Å². The molecule has 0 aliphatic rings. The van der Waals surface area contributed by atoms with Crippen molar-refractivity contribution >= 4 is 0 Å². The van der Waals surface area contributed by atoms with Gasteiger partial charge in [-0.25, -0.2) is 4.98 Å². The van der Waals surface area contributed by atoms with Gasteiger partial charge in [0, 0.05) is 25.5 Å². The molecule has 1 N–H and O–H groups in total. The van der Waals surface area contributed by atoms with Crippen LogP contribution in [0.4, 0.5) is 0 Å². The summed E-state index contributed by atoms with van der Waals surface area (Å²) < 4.78 is 8.05. The van der Waals surface area contributed by atoms with E-state index in [-0.39, 0.29) is 0 Å². The van der Waals surface area contributed by atoms with Gasteiger partial charge in [0.15, 0.2) is 0 Å². The Morgan fingerprint density at radius 1 is 1.12 bits per heavy atom. The molecule has 25 heavy (non-hydrogen) atoms. The molecule has 0 radical (unpaired) electrons. The molecule has 3 rings (SSSR count). The Labute approximate surface area is 149 Å². The zero-order valence-electron chi connectivity index (χ0n) is 14.7. The van der Waals surface area contributed by atoms with Crippen LogP contribution in [0.25, 0.3) is 0 Å². The number of ether oxygens (including phenoxy) is 1. The number of benzene rings is 2. The van der Waals surface area contributed by atoms with Gasteiger partial charge < -0.3 is 14.6 Å². The molecule has 3 aromatic rings. The summed E-state index contributed by atoms with van der Waals surface area (Å²) in [6.07, 6.45) is 6.75. The molecular weight excluding hydrogens is 310 g/mol. The normalized spacial score (nSPS) is 10.8. The fourth-order valence-corrected chi connectivity index (χ4v) is 2.72. The molecule has 0 spiro atoms. The van der Waals surface area contributed by atoms with Crippen LogP contribution in [0.2, 0.25) is 0 Å². The molecule has 1 heterocycles. The van der Waals surface area contributed by atoms with Crippen molar-refractivity contribution in [3.63, 3.8) is 0 Å². The molecule has 4 nitrogen and oxygen atoms in total. The molecule has 0 fully saturated rings. The van der Waals surface area contributed by atoms with E-state index in [9.17, 15) is 0 Å². The highest BCUT2D eigenvalue weighted by Gasteiger charge is 2.01. The van der Waals surface area contributed by atoms with Gasteiger partial charge in [0.1, 0.15) is 12.4 Å². The van der Waals surface area contributed by atoms with Gasteiger partial charge in [-0.15, -0.1) is 0 Å². The Hall–Kier alpha value is -2.59. The zero-order chi connectivity index (χ0) is 17.3. The van der Waals surface area contributed by atoms with Crippen LogP contribution in [0.5, 0.6) is 5.75 Å². The van der Waals surface area contributed by atoms with E-state index in [0.29, 0.717) is 6.61 Å². The van der Waals surface area contributed by atoms with E-state index in [1.807, 2.05) is 24.8 Å². The SMILES string of the molecule is Cc1ccccc1COc1cccc(CNCCCn2ccnc2)c1. The summed E-state index contributed by atoms with van der Waals surface area (Å²) in [4.78, 5) is 4.05. The van der Waals surface area contributed by atoms with Crippen molar-refractivity contribution < 1.29 is 4.74 Å². The lowest BCUT2D eigenvalue weighted by atomic mass is 10.1. The van der Waals surface area contributed by atoms with Crippen LogP contribution in [0.15, 0.2) is 67.3 Å². The Bertz CT molecular complexity index is 768. The first-order valence-corrected chi connectivity index (χ1v) is 8.74. The second-order valence-corrected chi connectivity index (χ2v) is 6.19. The highest BCUT2D eigenvalue weighted by molar-refractivity contribution is 5.30. The van der Waals surface area contributed by atoms with Gasteiger partial charge in [-0.3, -0.25) is 0 Å². The lowest BCUT2D eigenvalue weighted by molar-refractivity contribution is 0.305. The molecule has 0 unspecified atom stereocenters. The molecule has 4 heteroatoms. The van der Waals surface area contributed by atoms with Crippen molar-refractivity contribution in [1.29, 1.82) is 0 Å². The minimum absolute atomic E-state index is 0.606. The van der Waals surface area contributed by atoms with Gasteiger partial charge in [0.25, 0.3) is 0 Å². The van der Waals surface area contributed by atoms with E-state index < -0.39 is 0 Å². The smallest absolute Gasteiger partial charge is 0.120 e. The number of hydrogen-bond acceptors (Lipinski definition) is 3. The number of imidazole rings is 1. The second-order valence-electron chi connectivity index (χ2n) is 6.19. The highest BCUT2D eigenvalue weighted by atomic mass is 16.5. The fourth-order valence-electron chi connectivity index (χ4n) is 2.72. The van der Waals surface area contributed by atoms with E-state index in [1.54, 1.807) is 0 Å². The van der Waals surface area contributed by atoms with Crippen LogP contribution in [-0.4, -0.2) is 16.1 Å². The molecule has 0 aliphatic heterocycles. The summed E-state index contributed by atoms with van der Waals surface area (Å²) in [5.74, 6) is 0.918. The summed E-state index contributed by atoms with van der Waals surface area (Å²) in [5, 5.41) is 3.48.